The molecule has 0 spiro atoms. The van der Waals surface area contributed by atoms with Gasteiger partial charge in [0.05, 0.1) is 0 Å². The SMILES string of the molecule is CCNC(C(=O)O)c1c(C)[nH]c2cc3c(cc12)CCCCC3. The van der Waals surface area contributed by atoms with Gasteiger partial charge in [0.25, 0.3) is 0 Å². The van der Waals surface area contributed by atoms with Crippen LogP contribution in [0.15, 0.2) is 12.1 Å². The molecular formula is C18H24N2O2. The second kappa shape index (κ2) is 6.13. The molecule has 1 heterocycles. The number of aromatic amines is 1. The first-order valence-electron chi connectivity index (χ1n) is 8.22. The van der Waals surface area contributed by atoms with Crippen molar-refractivity contribution in [1.29, 1.82) is 0 Å². The quantitative estimate of drug-likeness (QED) is 0.757. The molecule has 3 N–H and O–H groups in total. The molecule has 1 aromatic carbocycles. The fourth-order valence-electron chi connectivity index (χ4n) is 3.65. The maximum atomic E-state index is 11.7. The van der Waals surface area contributed by atoms with Crippen molar-refractivity contribution >= 4 is 16.9 Å². The van der Waals surface area contributed by atoms with Gasteiger partial charge in [-0.25, -0.2) is 0 Å². The number of likely N-dealkylation sites (N-methyl/N-ethyl adjacent to an activating group) is 1. The summed E-state index contributed by atoms with van der Waals surface area (Å²) in [6.45, 7) is 4.54. The summed E-state index contributed by atoms with van der Waals surface area (Å²) < 4.78 is 0. The molecule has 118 valence electrons. The first-order valence-corrected chi connectivity index (χ1v) is 8.22. The Morgan fingerprint density at radius 2 is 1.95 bits per heavy atom. The fourth-order valence-corrected chi connectivity index (χ4v) is 3.65. The summed E-state index contributed by atoms with van der Waals surface area (Å²) in [4.78, 5) is 15.0. The van der Waals surface area contributed by atoms with Crippen molar-refractivity contribution in [3.05, 3.63) is 34.5 Å². The number of fused-ring (bicyclic) bond motifs is 2. The molecule has 0 saturated heterocycles. The first-order chi connectivity index (χ1) is 10.6. The zero-order valence-corrected chi connectivity index (χ0v) is 13.3. The third-order valence-corrected chi connectivity index (χ3v) is 4.69. The zero-order valence-electron chi connectivity index (χ0n) is 13.3. The van der Waals surface area contributed by atoms with Crippen LogP contribution in [0.3, 0.4) is 0 Å². The number of H-pyrrole nitrogens is 1. The Labute approximate surface area is 130 Å². The van der Waals surface area contributed by atoms with Crippen LogP contribution in [0.4, 0.5) is 0 Å². The number of carboxylic acids is 1. The summed E-state index contributed by atoms with van der Waals surface area (Å²) in [5.74, 6) is -0.819. The molecule has 0 bridgehead atoms. The number of rotatable bonds is 4. The van der Waals surface area contributed by atoms with Crippen LogP contribution in [-0.4, -0.2) is 22.6 Å². The first kappa shape index (κ1) is 15.1. The Morgan fingerprint density at radius 1 is 1.27 bits per heavy atom. The number of carbonyl (C=O) groups is 1. The highest BCUT2D eigenvalue weighted by Gasteiger charge is 2.25. The number of hydrogen-bond acceptors (Lipinski definition) is 2. The van der Waals surface area contributed by atoms with Crippen molar-refractivity contribution in [2.75, 3.05) is 6.54 Å². The van der Waals surface area contributed by atoms with Crippen LogP contribution < -0.4 is 5.32 Å². The zero-order chi connectivity index (χ0) is 15.7. The Morgan fingerprint density at radius 3 is 2.59 bits per heavy atom. The van der Waals surface area contributed by atoms with E-state index in [1.54, 1.807) is 0 Å². The highest BCUT2D eigenvalue weighted by atomic mass is 16.4. The molecule has 0 amide bonds. The van der Waals surface area contributed by atoms with E-state index in [0.717, 1.165) is 35.0 Å². The van der Waals surface area contributed by atoms with E-state index >= 15 is 0 Å². The maximum absolute atomic E-state index is 11.7. The van der Waals surface area contributed by atoms with Crippen molar-refractivity contribution in [1.82, 2.24) is 10.3 Å². The average Bonchev–Trinajstić information content (AvgIpc) is 2.65. The van der Waals surface area contributed by atoms with Crippen molar-refractivity contribution in [3.8, 4) is 0 Å². The van der Waals surface area contributed by atoms with E-state index in [1.807, 2.05) is 13.8 Å². The molecule has 4 nitrogen and oxygen atoms in total. The Kier molecular flexibility index (Phi) is 4.21. The molecule has 0 aliphatic heterocycles. The van der Waals surface area contributed by atoms with Crippen LogP contribution in [0.25, 0.3) is 10.9 Å². The van der Waals surface area contributed by atoms with Gasteiger partial charge in [-0.3, -0.25) is 4.79 Å². The largest absolute Gasteiger partial charge is 0.480 e. The van der Waals surface area contributed by atoms with Crippen molar-refractivity contribution in [2.24, 2.45) is 0 Å². The summed E-state index contributed by atoms with van der Waals surface area (Å²) in [7, 11) is 0. The van der Waals surface area contributed by atoms with Gasteiger partial charge >= 0.3 is 5.97 Å². The van der Waals surface area contributed by atoms with Gasteiger partial charge in [0.1, 0.15) is 6.04 Å². The van der Waals surface area contributed by atoms with Gasteiger partial charge < -0.3 is 15.4 Å². The van der Waals surface area contributed by atoms with Gasteiger partial charge in [-0.2, -0.15) is 0 Å². The Bertz CT molecular complexity index is 703. The van der Waals surface area contributed by atoms with Gasteiger partial charge in [0.15, 0.2) is 0 Å². The standard InChI is InChI=1S/C18H24N2O2/c1-3-19-17(18(21)22)16-11(2)20-15-10-13-8-6-4-5-7-12(13)9-14(15)16/h9-10,17,19-20H,3-8H2,1-2H3,(H,21,22). The summed E-state index contributed by atoms with van der Waals surface area (Å²) in [5.41, 5.74) is 5.72. The van der Waals surface area contributed by atoms with E-state index in [0.29, 0.717) is 6.54 Å². The minimum Gasteiger partial charge on any atom is -0.480 e. The molecule has 3 rings (SSSR count). The van der Waals surface area contributed by atoms with Gasteiger partial charge in [-0.05, 0) is 62.4 Å². The van der Waals surface area contributed by atoms with E-state index in [2.05, 4.69) is 22.4 Å². The Hall–Kier alpha value is -1.81. The molecule has 0 radical (unpaired) electrons. The normalized spacial score (nSPS) is 16.3. The lowest BCUT2D eigenvalue weighted by atomic mass is 9.96. The number of nitrogens with one attached hydrogen (secondary N) is 2. The lowest BCUT2D eigenvalue weighted by Gasteiger charge is -2.14. The van der Waals surface area contributed by atoms with Gasteiger partial charge in [0, 0.05) is 22.2 Å². The maximum Gasteiger partial charge on any atom is 0.325 e. The number of benzene rings is 1. The molecule has 0 fully saturated rings. The predicted molar refractivity (Wildman–Crippen MR) is 88.3 cm³/mol. The molecule has 1 aliphatic carbocycles. The summed E-state index contributed by atoms with van der Waals surface area (Å²) in [5, 5.41) is 13.7. The molecule has 22 heavy (non-hydrogen) atoms. The molecular weight excluding hydrogens is 276 g/mol. The number of carboxylic acid groups (broad SMARTS) is 1. The number of aryl methyl sites for hydroxylation is 3. The topological polar surface area (TPSA) is 65.1 Å². The summed E-state index contributed by atoms with van der Waals surface area (Å²) in [6, 6.07) is 3.81. The molecule has 1 atom stereocenters. The second-order valence-electron chi connectivity index (χ2n) is 6.22. The van der Waals surface area contributed by atoms with E-state index in [-0.39, 0.29) is 0 Å². The van der Waals surface area contributed by atoms with Crippen LogP contribution >= 0.6 is 0 Å². The van der Waals surface area contributed by atoms with Crippen LogP contribution in [0.2, 0.25) is 0 Å². The minimum atomic E-state index is -0.819. The van der Waals surface area contributed by atoms with Gasteiger partial charge in [-0.15, -0.1) is 0 Å². The van der Waals surface area contributed by atoms with E-state index < -0.39 is 12.0 Å². The third kappa shape index (κ3) is 2.63. The molecule has 1 aromatic heterocycles. The summed E-state index contributed by atoms with van der Waals surface area (Å²) >= 11 is 0. The lowest BCUT2D eigenvalue weighted by Crippen LogP contribution is -2.28. The van der Waals surface area contributed by atoms with Crippen molar-refractivity contribution in [2.45, 2.75) is 52.0 Å². The van der Waals surface area contributed by atoms with E-state index in [1.165, 1.54) is 30.4 Å². The lowest BCUT2D eigenvalue weighted by molar-refractivity contribution is -0.139. The number of aliphatic carboxylic acids is 1. The molecule has 2 aromatic rings. The van der Waals surface area contributed by atoms with Crippen molar-refractivity contribution < 1.29 is 9.90 Å². The van der Waals surface area contributed by atoms with E-state index in [9.17, 15) is 9.90 Å². The van der Waals surface area contributed by atoms with Gasteiger partial charge in [-0.1, -0.05) is 13.3 Å². The van der Waals surface area contributed by atoms with Crippen LogP contribution in [0, 0.1) is 6.92 Å². The molecule has 1 aliphatic rings. The highest BCUT2D eigenvalue weighted by Crippen LogP contribution is 2.32. The average molecular weight is 300 g/mol. The Balaban J connectivity index is 2.16. The monoisotopic (exact) mass is 300 g/mol. The highest BCUT2D eigenvalue weighted by molar-refractivity contribution is 5.91. The smallest absolute Gasteiger partial charge is 0.325 e. The molecule has 1 unspecified atom stereocenters. The van der Waals surface area contributed by atoms with Crippen LogP contribution in [-0.2, 0) is 17.6 Å². The fraction of sp³-hybridized carbons (Fsp3) is 0.500. The minimum absolute atomic E-state index is 0.633. The number of hydrogen-bond donors (Lipinski definition) is 3. The molecule has 4 heteroatoms. The summed E-state index contributed by atoms with van der Waals surface area (Å²) in [6.07, 6.45) is 6.00. The second-order valence-corrected chi connectivity index (χ2v) is 6.22. The van der Waals surface area contributed by atoms with Crippen molar-refractivity contribution in [3.63, 3.8) is 0 Å². The number of aromatic nitrogens is 1. The van der Waals surface area contributed by atoms with E-state index in [4.69, 9.17) is 0 Å². The molecule has 0 saturated carbocycles. The van der Waals surface area contributed by atoms with Gasteiger partial charge in [0.2, 0.25) is 0 Å². The van der Waals surface area contributed by atoms with Crippen LogP contribution in [0.5, 0.6) is 0 Å². The predicted octanol–water partition coefficient (Wildman–Crippen LogP) is 3.48. The van der Waals surface area contributed by atoms with Crippen LogP contribution in [0.1, 0.15) is 54.6 Å². The third-order valence-electron chi connectivity index (χ3n) is 4.69.